The fourth-order valence-electron chi connectivity index (χ4n) is 3.05. The highest BCUT2D eigenvalue weighted by atomic mass is 19.1. The van der Waals surface area contributed by atoms with Gasteiger partial charge in [0, 0.05) is 6.54 Å². The monoisotopic (exact) mass is 393 g/mol. The molecular formula is C25H28FNO2. The molecule has 0 heterocycles. The van der Waals surface area contributed by atoms with E-state index in [0.717, 1.165) is 28.2 Å². The molecule has 0 atom stereocenters. The van der Waals surface area contributed by atoms with Crippen molar-refractivity contribution in [3.05, 3.63) is 94.8 Å². The molecule has 0 amide bonds. The summed E-state index contributed by atoms with van der Waals surface area (Å²) in [6, 6.07) is 21.2. The van der Waals surface area contributed by atoms with Crippen LogP contribution in [0, 0.1) is 12.7 Å². The van der Waals surface area contributed by atoms with E-state index in [1.807, 2.05) is 37.3 Å². The van der Waals surface area contributed by atoms with Crippen LogP contribution in [-0.2, 0) is 19.6 Å². The molecule has 1 N–H and O–H groups in total. The van der Waals surface area contributed by atoms with Crippen LogP contribution < -0.4 is 14.8 Å². The second-order valence-corrected chi connectivity index (χ2v) is 7.01. The Bertz CT molecular complexity index is 909. The van der Waals surface area contributed by atoms with Crippen molar-refractivity contribution in [3.63, 3.8) is 0 Å². The van der Waals surface area contributed by atoms with Crippen molar-refractivity contribution < 1.29 is 13.9 Å². The third-order valence-corrected chi connectivity index (χ3v) is 4.68. The van der Waals surface area contributed by atoms with E-state index in [0.29, 0.717) is 32.7 Å². The average Bonchev–Trinajstić information content (AvgIpc) is 2.73. The van der Waals surface area contributed by atoms with Crippen molar-refractivity contribution in [3.8, 4) is 11.5 Å². The lowest BCUT2D eigenvalue weighted by Crippen LogP contribution is -2.17. The lowest BCUT2D eigenvalue weighted by atomic mass is 10.1. The number of halogens is 1. The van der Waals surface area contributed by atoms with Gasteiger partial charge in [0.1, 0.15) is 12.4 Å². The Morgan fingerprint density at radius 2 is 1.62 bits per heavy atom. The summed E-state index contributed by atoms with van der Waals surface area (Å²) in [6.45, 7) is 6.50. The zero-order valence-corrected chi connectivity index (χ0v) is 17.1. The highest BCUT2D eigenvalue weighted by molar-refractivity contribution is 5.43. The van der Waals surface area contributed by atoms with E-state index in [9.17, 15) is 4.39 Å². The van der Waals surface area contributed by atoms with Crippen LogP contribution in [0.15, 0.2) is 66.7 Å². The smallest absolute Gasteiger partial charge is 0.161 e. The summed E-state index contributed by atoms with van der Waals surface area (Å²) >= 11 is 0. The van der Waals surface area contributed by atoms with Crippen LogP contribution in [0.2, 0.25) is 0 Å². The van der Waals surface area contributed by atoms with Gasteiger partial charge in [-0.2, -0.15) is 0 Å². The Balaban J connectivity index is 1.55. The van der Waals surface area contributed by atoms with Crippen molar-refractivity contribution in [1.82, 2.24) is 5.32 Å². The summed E-state index contributed by atoms with van der Waals surface area (Å²) in [7, 11) is 0. The molecule has 0 saturated carbocycles. The number of nitrogens with one attached hydrogen (secondary N) is 1. The van der Waals surface area contributed by atoms with Gasteiger partial charge in [-0.1, -0.05) is 54.1 Å². The zero-order chi connectivity index (χ0) is 20.5. The first-order valence-electron chi connectivity index (χ1n) is 10.0. The third-order valence-electron chi connectivity index (χ3n) is 4.68. The second kappa shape index (κ2) is 10.6. The Hall–Kier alpha value is -2.85. The van der Waals surface area contributed by atoms with E-state index in [-0.39, 0.29) is 5.82 Å². The maximum absolute atomic E-state index is 13.7. The van der Waals surface area contributed by atoms with Gasteiger partial charge in [-0.15, -0.1) is 0 Å². The number of hydrogen-bond acceptors (Lipinski definition) is 3. The predicted molar refractivity (Wildman–Crippen MR) is 115 cm³/mol. The van der Waals surface area contributed by atoms with Crippen molar-refractivity contribution in [2.24, 2.45) is 0 Å². The molecule has 0 saturated heterocycles. The van der Waals surface area contributed by atoms with Gasteiger partial charge in [-0.3, -0.25) is 0 Å². The number of benzene rings is 3. The Morgan fingerprint density at radius 3 is 2.38 bits per heavy atom. The molecule has 0 spiro atoms. The van der Waals surface area contributed by atoms with E-state index in [2.05, 4.69) is 36.5 Å². The van der Waals surface area contributed by atoms with Crippen LogP contribution in [0.4, 0.5) is 4.39 Å². The molecule has 3 aromatic rings. The fraction of sp³-hybridized carbons (Fsp3) is 0.280. The zero-order valence-electron chi connectivity index (χ0n) is 17.1. The normalized spacial score (nSPS) is 10.7. The van der Waals surface area contributed by atoms with Gasteiger partial charge in [0.15, 0.2) is 11.5 Å². The van der Waals surface area contributed by atoms with Crippen molar-refractivity contribution in [2.45, 2.75) is 33.4 Å². The first-order chi connectivity index (χ1) is 14.2. The molecule has 0 aromatic heterocycles. The van der Waals surface area contributed by atoms with Crippen molar-refractivity contribution in [2.75, 3.05) is 13.2 Å². The highest BCUT2D eigenvalue weighted by Crippen LogP contribution is 2.29. The van der Waals surface area contributed by atoms with E-state index in [1.54, 1.807) is 6.07 Å². The lowest BCUT2D eigenvalue weighted by molar-refractivity contribution is 0.269. The van der Waals surface area contributed by atoms with Crippen LogP contribution >= 0.6 is 0 Å². The molecule has 0 aliphatic rings. The number of aryl methyl sites for hydroxylation is 1. The minimum absolute atomic E-state index is 0.150. The Labute approximate surface area is 172 Å². The number of rotatable bonds is 10. The summed E-state index contributed by atoms with van der Waals surface area (Å²) in [6.07, 6.45) is 0.655. The summed E-state index contributed by atoms with van der Waals surface area (Å²) in [5, 5.41) is 3.37. The molecule has 0 bridgehead atoms. The molecule has 0 aliphatic carbocycles. The van der Waals surface area contributed by atoms with Gasteiger partial charge in [-0.25, -0.2) is 4.39 Å². The van der Waals surface area contributed by atoms with Crippen LogP contribution in [0.25, 0.3) is 0 Å². The molecule has 0 unspecified atom stereocenters. The van der Waals surface area contributed by atoms with Gasteiger partial charge >= 0.3 is 0 Å². The first-order valence-corrected chi connectivity index (χ1v) is 10.0. The van der Waals surface area contributed by atoms with Crippen LogP contribution in [0.5, 0.6) is 11.5 Å². The third kappa shape index (κ3) is 6.33. The molecule has 3 nitrogen and oxygen atoms in total. The predicted octanol–water partition coefficient (Wildman–Crippen LogP) is 5.44. The topological polar surface area (TPSA) is 30.5 Å². The standard InChI is InChI=1S/C25H28FNO2/c1-3-28-25-16-21(17-27-15-14-22-6-4-5-7-23(22)26)12-13-24(25)29-18-20-10-8-19(2)9-11-20/h4-13,16,27H,3,14-15,17-18H2,1-2H3. The number of hydrogen-bond donors (Lipinski definition) is 1. The summed E-state index contributed by atoms with van der Waals surface area (Å²) in [5.41, 5.74) is 4.19. The largest absolute Gasteiger partial charge is 0.490 e. The van der Waals surface area contributed by atoms with Crippen molar-refractivity contribution >= 4 is 0 Å². The molecule has 29 heavy (non-hydrogen) atoms. The fourth-order valence-corrected chi connectivity index (χ4v) is 3.05. The molecule has 0 fully saturated rings. The van der Waals surface area contributed by atoms with Crippen LogP contribution in [0.1, 0.15) is 29.2 Å². The highest BCUT2D eigenvalue weighted by Gasteiger charge is 2.08. The van der Waals surface area contributed by atoms with Crippen LogP contribution in [0.3, 0.4) is 0 Å². The second-order valence-electron chi connectivity index (χ2n) is 7.01. The van der Waals surface area contributed by atoms with Gasteiger partial charge in [0.2, 0.25) is 0 Å². The molecule has 0 aliphatic heterocycles. The molecule has 4 heteroatoms. The van der Waals surface area contributed by atoms with E-state index in [4.69, 9.17) is 9.47 Å². The van der Waals surface area contributed by atoms with Gasteiger partial charge in [-0.05, 0) is 61.7 Å². The summed E-state index contributed by atoms with van der Waals surface area (Å²) < 4.78 is 25.4. The molecular weight excluding hydrogens is 365 g/mol. The molecule has 3 aromatic carbocycles. The summed E-state index contributed by atoms with van der Waals surface area (Å²) in [5.74, 6) is 1.33. The van der Waals surface area contributed by atoms with Crippen molar-refractivity contribution in [1.29, 1.82) is 0 Å². The van der Waals surface area contributed by atoms with Gasteiger partial charge < -0.3 is 14.8 Å². The molecule has 152 valence electrons. The van der Waals surface area contributed by atoms with E-state index in [1.165, 1.54) is 11.6 Å². The molecule has 0 radical (unpaired) electrons. The van der Waals surface area contributed by atoms with Gasteiger partial charge in [0.05, 0.1) is 6.61 Å². The quantitative estimate of drug-likeness (QED) is 0.465. The molecule has 3 rings (SSSR count). The Morgan fingerprint density at radius 1 is 0.862 bits per heavy atom. The minimum Gasteiger partial charge on any atom is -0.490 e. The maximum Gasteiger partial charge on any atom is 0.161 e. The SMILES string of the molecule is CCOc1cc(CNCCc2ccccc2F)ccc1OCc1ccc(C)cc1. The minimum atomic E-state index is -0.150. The summed E-state index contributed by atoms with van der Waals surface area (Å²) in [4.78, 5) is 0. The first kappa shape index (κ1) is 20.9. The maximum atomic E-state index is 13.7. The van der Waals surface area contributed by atoms with E-state index >= 15 is 0 Å². The van der Waals surface area contributed by atoms with Crippen LogP contribution in [-0.4, -0.2) is 13.2 Å². The average molecular weight is 394 g/mol. The Kier molecular flexibility index (Phi) is 7.65. The van der Waals surface area contributed by atoms with E-state index < -0.39 is 0 Å². The number of ether oxygens (including phenoxy) is 2. The lowest BCUT2D eigenvalue weighted by Gasteiger charge is -2.14. The van der Waals surface area contributed by atoms with Gasteiger partial charge in [0.25, 0.3) is 0 Å².